The molecule has 0 unspecified atom stereocenters. The zero-order valence-electron chi connectivity index (χ0n) is 21.7. The first-order valence-corrected chi connectivity index (χ1v) is 13.0. The molecule has 0 saturated carbocycles. The van der Waals surface area contributed by atoms with Crippen molar-refractivity contribution in [2.24, 2.45) is 5.92 Å². The van der Waals surface area contributed by atoms with Crippen LogP contribution in [-0.4, -0.2) is 63.5 Å². The molecule has 2 aromatic carbocycles. The molecule has 4 N–H and O–H groups in total. The predicted octanol–water partition coefficient (Wildman–Crippen LogP) is 1.99. The lowest BCUT2D eigenvalue weighted by Gasteiger charge is -2.40. The van der Waals surface area contributed by atoms with Gasteiger partial charge in [0.25, 0.3) is 0 Å². The van der Waals surface area contributed by atoms with E-state index >= 15 is 0 Å². The molecule has 1 saturated heterocycles. The Labute approximate surface area is 223 Å². The fraction of sp³-hybridized carbons (Fsp3) is 0.357. The largest absolute Gasteiger partial charge is 0.475 e. The fourth-order valence-electron chi connectivity index (χ4n) is 4.53. The predicted molar refractivity (Wildman–Crippen MR) is 147 cm³/mol. The molecule has 0 radical (unpaired) electrons. The van der Waals surface area contributed by atoms with Crippen LogP contribution in [0.2, 0.25) is 0 Å². The number of hydrogen-bond donors (Lipinski definition) is 4. The van der Waals surface area contributed by atoms with Gasteiger partial charge in [-0.2, -0.15) is 0 Å². The lowest BCUT2D eigenvalue weighted by Crippen LogP contribution is -2.61. The van der Waals surface area contributed by atoms with Gasteiger partial charge in [0.2, 0.25) is 17.8 Å². The van der Waals surface area contributed by atoms with Crippen LogP contribution in [0.3, 0.4) is 0 Å². The van der Waals surface area contributed by atoms with Gasteiger partial charge in [0, 0.05) is 24.7 Å². The monoisotopic (exact) mass is 515 g/mol. The van der Waals surface area contributed by atoms with Gasteiger partial charge in [0.15, 0.2) is 0 Å². The van der Waals surface area contributed by atoms with Gasteiger partial charge in [-0.1, -0.05) is 74.5 Å². The molecule has 0 aliphatic carbocycles. The second-order valence-electron chi connectivity index (χ2n) is 10.0. The standard InChI is InChI=1S/C28H34BN5O4/c1-19(2)17-25(29(37)38)33-26(35)23(18-20-9-5-3-6-10-20)31-27(36)24-14-16-34(24)28-30-15-13-22(32-28)21-11-7-4-8-12-21/h3-13,15,19,23-25,37-38H,14,16-18H2,1-2H3,(H,31,36)(H,33,35)/t23-,24-,25+/m0/s1. The van der Waals surface area contributed by atoms with E-state index in [4.69, 9.17) is 0 Å². The van der Waals surface area contributed by atoms with Crippen molar-refractivity contribution < 1.29 is 19.6 Å². The summed E-state index contributed by atoms with van der Waals surface area (Å²) in [7, 11) is -1.70. The number of benzene rings is 2. The van der Waals surface area contributed by atoms with Crippen LogP contribution in [-0.2, 0) is 16.0 Å². The molecule has 1 aliphatic rings. The Morgan fingerprint density at radius 1 is 1.03 bits per heavy atom. The van der Waals surface area contributed by atoms with Crippen molar-refractivity contribution in [1.29, 1.82) is 0 Å². The van der Waals surface area contributed by atoms with Gasteiger partial charge < -0.3 is 25.6 Å². The number of carbonyl (C=O) groups is 2. The van der Waals surface area contributed by atoms with E-state index in [1.807, 2.05) is 85.5 Å². The Balaban J connectivity index is 1.49. The molecule has 1 aliphatic heterocycles. The van der Waals surface area contributed by atoms with E-state index in [0.717, 1.165) is 16.8 Å². The van der Waals surface area contributed by atoms with Crippen molar-refractivity contribution in [3.05, 3.63) is 78.5 Å². The maximum Gasteiger partial charge on any atom is 0.475 e. The first-order valence-electron chi connectivity index (χ1n) is 13.0. The molecule has 0 bridgehead atoms. The normalized spacial score (nSPS) is 16.3. The number of aromatic nitrogens is 2. The minimum absolute atomic E-state index is 0.138. The van der Waals surface area contributed by atoms with Crippen molar-refractivity contribution in [1.82, 2.24) is 20.6 Å². The fourth-order valence-corrected chi connectivity index (χ4v) is 4.53. The van der Waals surface area contributed by atoms with Gasteiger partial charge in [-0.05, 0) is 30.4 Å². The smallest absolute Gasteiger partial charge is 0.426 e. The van der Waals surface area contributed by atoms with E-state index in [1.54, 1.807) is 6.20 Å². The molecule has 4 rings (SSSR count). The molecule has 3 aromatic rings. The van der Waals surface area contributed by atoms with Crippen LogP contribution in [0, 0.1) is 5.92 Å². The van der Waals surface area contributed by atoms with Crippen LogP contribution in [0.15, 0.2) is 72.9 Å². The molecule has 0 spiro atoms. The summed E-state index contributed by atoms with van der Waals surface area (Å²) in [5.41, 5.74) is 2.60. The first kappa shape index (κ1) is 27.3. The summed E-state index contributed by atoms with van der Waals surface area (Å²) in [4.78, 5) is 37.5. The van der Waals surface area contributed by atoms with Crippen LogP contribution in [0.5, 0.6) is 0 Å². The summed E-state index contributed by atoms with van der Waals surface area (Å²) in [6.45, 7) is 4.49. The average Bonchev–Trinajstić information content (AvgIpc) is 2.88. The third-order valence-electron chi connectivity index (χ3n) is 6.62. The van der Waals surface area contributed by atoms with E-state index in [-0.39, 0.29) is 18.2 Å². The van der Waals surface area contributed by atoms with Crippen LogP contribution >= 0.6 is 0 Å². The van der Waals surface area contributed by atoms with Crippen LogP contribution in [0.4, 0.5) is 5.95 Å². The molecule has 9 nitrogen and oxygen atoms in total. The third kappa shape index (κ3) is 6.96. The summed E-state index contributed by atoms with van der Waals surface area (Å²) >= 11 is 0. The van der Waals surface area contributed by atoms with Crippen molar-refractivity contribution in [2.45, 2.75) is 51.1 Å². The maximum absolute atomic E-state index is 13.4. The number of hydrogen-bond acceptors (Lipinski definition) is 7. The molecular weight excluding hydrogens is 481 g/mol. The Morgan fingerprint density at radius 2 is 1.71 bits per heavy atom. The van der Waals surface area contributed by atoms with Crippen molar-refractivity contribution in [3.8, 4) is 11.3 Å². The summed E-state index contributed by atoms with van der Waals surface area (Å²) < 4.78 is 0. The van der Waals surface area contributed by atoms with E-state index < -0.39 is 31.1 Å². The number of carbonyl (C=O) groups excluding carboxylic acids is 2. The molecule has 2 amide bonds. The highest BCUT2D eigenvalue weighted by Crippen LogP contribution is 2.26. The van der Waals surface area contributed by atoms with E-state index in [2.05, 4.69) is 20.6 Å². The van der Waals surface area contributed by atoms with Crippen molar-refractivity contribution in [2.75, 3.05) is 11.4 Å². The second kappa shape index (κ2) is 12.7. The zero-order valence-corrected chi connectivity index (χ0v) is 21.7. The maximum atomic E-state index is 13.4. The molecule has 38 heavy (non-hydrogen) atoms. The van der Waals surface area contributed by atoms with E-state index in [9.17, 15) is 19.6 Å². The van der Waals surface area contributed by atoms with Gasteiger partial charge in [-0.25, -0.2) is 9.97 Å². The number of nitrogens with zero attached hydrogens (tertiary/aromatic N) is 3. The first-order chi connectivity index (χ1) is 18.3. The van der Waals surface area contributed by atoms with Crippen molar-refractivity contribution in [3.63, 3.8) is 0 Å². The molecule has 1 fully saturated rings. The number of nitrogens with one attached hydrogen (secondary N) is 2. The molecule has 198 valence electrons. The SMILES string of the molecule is CC(C)C[C@@H](NC(=O)[C@H](Cc1ccccc1)NC(=O)[C@@H]1CCN1c1nccc(-c2ccccc2)n1)B(O)O. The highest BCUT2D eigenvalue weighted by atomic mass is 16.4. The zero-order chi connectivity index (χ0) is 27.1. The van der Waals surface area contributed by atoms with Gasteiger partial charge in [0.05, 0.1) is 11.6 Å². The summed E-state index contributed by atoms with van der Waals surface area (Å²) in [5.74, 6) is -1.01. The molecule has 2 heterocycles. The van der Waals surface area contributed by atoms with Crippen LogP contribution in [0.1, 0.15) is 32.3 Å². The minimum Gasteiger partial charge on any atom is -0.426 e. The van der Waals surface area contributed by atoms with Crippen LogP contribution in [0.25, 0.3) is 11.3 Å². The van der Waals surface area contributed by atoms with Gasteiger partial charge in [-0.3, -0.25) is 9.59 Å². The number of rotatable bonds is 11. The highest BCUT2D eigenvalue weighted by Gasteiger charge is 2.38. The number of amides is 2. The Bertz CT molecular complexity index is 1210. The Kier molecular flexibility index (Phi) is 9.09. The molecule has 1 aromatic heterocycles. The third-order valence-corrected chi connectivity index (χ3v) is 6.62. The van der Waals surface area contributed by atoms with Gasteiger partial charge in [-0.15, -0.1) is 0 Å². The average molecular weight is 515 g/mol. The highest BCUT2D eigenvalue weighted by molar-refractivity contribution is 6.43. The summed E-state index contributed by atoms with van der Waals surface area (Å²) in [6.07, 6.45) is 2.94. The van der Waals surface area contributed by atoms with E-state index in [1.165, 1.54) is 0 Å². The van der Waals surface area contributed by atoms with Gasteiger partial charge >= 0.3 is 7.12 Å². The topological polar surface area (TPSA) is 128 Å². The molecular formula is C28H34BN5O4. The number of anilines is 1. The van der Waals surface area contributed by atoms with Crippen LogP contribution < -0.4 is 15.5 Å². The van der Waals surface area contributed by atoms with E-state index in [0.29, 0.717) is 25.3 Å². The summed E-state index contributed by atoms with van der Waals surface area (Å²) in [6, 6.07) is 19.6. The minimum atomic E-state index is -1.70. The lowest BCUT2D eigenvalue weighted by atomic mass is 9.75. The molecule has 3 atom stereocenters. The summed E-state index contributed by atoms with van der Waals surface area (Å²) in [5, 5.41) is 25.2. The van der Waals surface area contributed by atoms with Gasteiger partial charge in [0.1, 0.15) is 12.1 Å². The Morgan fingerprint density at radius 3 is 2.32 bits per heavy atom. The second-order valence-corrected chi connectivity index (χ2v) is 10.0. The lowest BCUT2D eigenvalue weighted by molar-refractivity contribution is -0.130. The quantitative estimate of drug-likeness (QED) is 0.288. The Hall–Kier alpha value is -3.76. The molecule has 10 heteroatoms. The van der Waals surface area contributed by atoms with Crippen molar-refractivity contribution >= 4 is 24.9 Å².